The molecule has 1 heterocycles. The zero-order valence-electron chi connectivity index (χ0n) is 10.1. The molecule has 1 rings (SSSR count). The summed E-state index contributed by atoms with van der Waals surface area (Å²) in [5, 5.41) is 7.10. The minimum Gasteiger partial charge on any atom is -0.384 e. The third kappa shape index (κ3) is 4.02. The van der Waals surface area contributed by atoms with Crippen LogP contribution >= 0.6 is 0 Å². The van der Waals surface area contributed by atoms with Crippen molar-refractivity contribution >= 4 is 5.69 Å². The molecule has 0 saturated carbocycles. The maximum atomic E-state index is 11.6. The van der Waals surface area contributed by atoms with Crippen molar-refractivity contribution in [2.45, 2.75) is 33.4 Å². The molecule has 16 heavy (non-hydrogen) atoms. The van der Waals surface area contributed by atoms with Gasteiger partial charge in [-0.2, -0.15) is 5.10 Å². The topological polar surface area (TPSA) is 56.1 Å². The Labute approximate surface area is 95.4 Å². The van der Waals surface area contributed by atoms with Gasteiger partial charge in [-0.05, 0) is 20.8 Å². The molecule has 0 fully saturated rings. The SMILES string of the molecule is CCNc1cnn(CCOC(C)C)c(=O)c1. The maximum Gasteiger partial charge on any atom is 0.268 e. The normalized spacial score (nSPS) is 10.8. The fraction of sp³-hybridized carbons (Fsp3) is 0.636. The zero-order chi connectivity index (χ0) is 12.0. The molecular formula is C11H19N3O2. The summed E-state index contributed by atoms with van der Waals surface area (Å²) in [6.07, 6.45) is 1.83. The molecule has 5 heteroatoms. The Morgan fingerprint density at radius 3 is 2.88 bits per heavy atom. The first-order valence-electron chi connectivity index (χ1n) is 5.56. The van der Waals surface area contributed by atoms with Gasteiger partial charge in [0.25, 0.3) is 5.56 Å². The molecule has 90 valence electrons. The lowest BCUT2D eigenvalue weighted by Crippen LogP contribution is -2.25. The van der Waals surface area contributed by atoms with Gasteiger partial charge in [0.1, 0.15) is 0 Å². The van der Waals surface area contributed by atoms with E-state index in [0.29, 0.717) is 13.2 Å². The highest BCUT2D eigenvalue weighted by atomic mass is 16.5. The molecule has 0 spiro atoms. The molecule has 1 aromatic heterocycles. The van der Waals surface area contributed by atoms with Crippen molar-refractivity contribution in [2.75, 3.05) is 18.5 Å². The third-order valence-corrected chi connectivity index (χ3v) is 2.00. The minimum absolute atomic E-state index is 0.106. The number of anilines is 1. The molecule has 0 saturated heterocycles. The molecule has 0 unspecified atom stereocenters. The molecule has 1 N–H and O–H groups in total. The maximum absolute atomic E-state index is 11.6. The van der Waals surface area contributed by atoms with Gasteiger partial charge in [0.2, 0.25) is 0 Å². The summed E-state index contributed by atoms with van der Waals surface area (Å²) in [5.74, 6) is 0. The van der Waals surface area contributed by atoms with E-state index in [1.54, 1.807) is 12.3 Å². The molecule has 1 aromatic rings. The second-order valence-corrected chi connectivity index (χ2v) is 3.76. The Morgan fingerprint density at radius 2 is 2.31 bits per heavy atom. The van der Waals surface area contributed by atoms with Gasteiger partial charge in [0, 0.05) is 12.6 Å². The fourth-order valence-electron chi connectivity index (χ4n) is 1.28. The van der Waals surface area contributed by atoms with Crippen LogP contribution in [0.5, 0.6) is 0 Å². The summed E-state index contributed by atoms with van der Waals surface area (Å²) >= 11 is 0. The van der Waals surface area contributed by atoms with Crippen LogP contribution in [-0.2, 0) is 11.3 Å². The van der Waals surface area contributed by atoms with Crippen molar-refractivity contribution in [1.82, 2.24) is 9.78 Å². The van der Waals surface area contributed by atoms with E-state index in [0.717, 1.165) is 12.2 Å². The third-order valence-electron chi connectivity index (χ3n) is 2.00. The average molecular weight is 225 g/mol. The van der Waals surface area contributed by atoms with Gasteiger partial charge in [-0.25, -0.2) is 4.68 Å². The Balaban J connectivity index is 2.58. The molecular weight excluding hydrogens is 206 g/mol. The summed E-state index contributed by atoms with van der Waals surface area (Å²) in [7, 11) is 0. The van der Waals surface area contributed by atoms with Crippen molar-refractivity contribution in [3.05, 3.63) is 22.6 Å². The standard InChI is InChI=1S/C11H19N3O2/c1-4-12-10-7-11(15)14(13-8-10)5-6-16-9(2)3/h7-9,12H,4-6H2,1-3H3. The van der Waals surface area contributed by atoms with E-state index in [2.05, 4.69) is 10.4 Å². The van der Waals surface area contributed by atoms with Crippen LogP contribution in [0.3, 0.4) is 0 Å². The Kier molecular flexibility index (Phi) is 4.98. The Bertz CT molecular complexity index is 374. The molecule has 5 nitrogen and oxygen atoms in total. The number of aromatic nitrogens is 2. The van der Waals surface area contributed by atoms with Crippen LogP contribution in [0.4, 0.5) is 5.69 Å². The molecule has 0 amide bonds. The van der Waals surface area contributed by atoms with Crippen molar-refractivity contribution in [1.29, 1.82) is 0 Å². The second kappa shape index (κ2) is 6.27. The van der Waals surface area contributed by atoms with Crippen molar-refractivity contribution < 1.29 is 4.74 Å². The monoisotopic (exact) mass is 225 g/mol. The van der Waals surface area contributed by atoms with E-state index < -0.39 is 0 Å². The molecule has 0 aliphatic rings. The van der Waals surface area contributed by atoms with Gasteiger partial charge < -0.3 is 10.1 Å². The molecule has 0 atom stereocenters. The Morgan fingerprint density at radius 1 is 1.56 bits per heavy atom. The largest absolute Gasteiger partial charge is 0.384 e. The molecule has 0 aliphatic carbocycles. The van der Waals surface area contributed by atoms with Gasteiger partial charge in [0.15, 0.2) is 0 Å². The van der Waals surface area contributed by atoms with E-state index >= 15 is 0 Å². The van der Waals surface area contributed by atoms with Gasteiger partial charge in [-0.3, -0.25) is 4.79 Å². The highest BCUT2D eigenvalue weighted by Crippen LogP contribution is 1.98. The first-order chi connectivity index (χ1) is 7.63. The van der Waals surface area contributed by atoms with Crippen LogP contribution in [0.2, 0.25) is 0 Å². The van der Waals surface area contributed by atoms with Gasteiger partial charge in [-0.1, -0.05) is 0 Å². The Hall–Kier alpha value is -1.36. The lowest BCUT2D eigenvalue weighted by molar-refractivity contribution is 0.0702. The van der Waals surface area contributed by atoms with Crippen molar-refractivity contribution in [3.63, 3.8) is 0 Å². The quantitative estimate of drug-likeness (QED) is 0.787. The van der Waals surface area contributed by atoms with E-state index in [9.17, 15) is 4.79 Å². The summed E-state index contributed by atoms with van der Waals surface area (Å²) in [6.45, 7) is 7.67. The van der Waals surface area contributed by atoms with Crippen LogP contribution in [0.1, 0.15) is 20.8 Å². The van der Waals surface area contributed by atoms with E-state index in [1.807, 2.05) is 20.8 Å². The predicted molar refractivity (Wildman–Crippen MR) is 63.7 cm³/mol. The number of nitrogens with zero attached hydrogens (tertiary/aromatic N) is 2. The molecule has 0 aromatic carbocycles. The summed E-state index contributed by atoms with van der Waals surface area (Å²) in [5.41, 5.74) is 0.652. The highest BCUT2D eigenvalue weighted by molar-refractivity contribution is 5.38. The summed E-state index contributed by atoms with van der Waals surface area (Å²) in [6, 6.07) is 1.55. The summed E-state index contributed by atoms with van der Waals surface area (Å²) in [4.78, 5) is 11.6. The molecule has 0 bridgehead atoms. The average Bonchev–Trinajstić information content (AvgIpc) is 2.21. The van der Waals surface area contributed by atoms with Crippen LogP contribution in [-0.4, -0.2) is 29.0 Å². The van der Waals surface area contributed by atoms with Crippen LogP contribution in [0.15, 0.2) is 17.1 Å². The van der Waals surface area contributed by atoms with Gasteiger partial charge in [0.05, 0.1) is 31.1 Å². The second-order valence-electron chi connectivity index (χ2n) is 3.76. The number of nitrogens with one attached hydrogen (secondary N) is 1. The van der Waals surface area contributed by atoms with Crippen LogP contribution in [0, 0.1) is 0 Å². The lowest BCUT2D eigenvalue weighted by Gasteiger charge is -2.09. The highest BCUT2D eigenvalue weighted by Gasteiger charge is 2.00. The van der Waals surface area contributed by atoms with Crippen LogP contribution in [0.25, 0.3) is 0 Å². The van der Waals surface area contributed by atoms with E-state index in [1.165, 1.54) is 4.68 Å². The number of ether oxygens (including phenoxy) is 1. The zero-order valence-corrected chi connectivity index (χ0v) is 10.1. The van der Waals surface area contributed by atoms with Crippen molar-refractivity contribution in [2.24, 2.45) is 0 Å². The summed E-state index contributed by atoms with van der Waals surface area (Å²) < 4.78 is 6.77. The first-order valence-corrected chi connectivity index (χ1v) is 5.56. The van der Waals surface area contributed by atoms with Gasteiger partial charge >= 0.3 is 0 Å². The number of hydrogen-bond donors (Lipinski definition) is 1. The molecule has 0 aliphatic heterocycles. The minimum atomic E-state index is -0.106. The predicted octanol–water partition coefficient (Wildman–Crippen LogP) is 1.10. The van der Waals surface area contributed by atoms with E-state index in [4.69, 9.17) is 4.74 Å². The van der Waals surface area contributed by atoms with E-state index in [-0.39, 0.29) is 11.7 Å². The lowest BCUT2D eigenvalue weighted by atomic mass is 10.4. The molecule has 0 radical (unpaired) electrons. The van der Waals surface area contributed by atoms with Crippen LogP contribution < -0.4 is 10.9 Å². The number of rotatable bonds is 6. The fourth-order valence-corrected chi connectivity index (χ4v) is 1.28. The number of hydrogen-bond acceptors (Lipinski definition) is 4. The smallest absolute Gasteiger partial charge is 0.268 e. The van der Waals surface area contributed by atoms with Gasteiger partial charge in [-0.15, -0.1) is 0 Å². The first kappa shape index (κ1) is 12.7. The van der Waals surface area contributed by atoms with Crippen molar-refractivity contribution in [3.8, 4) is 0 Å².